The van der Waals surface area contributed by atoms with Gasteiger partial charge in [-0.3, -0.25) is 18.7 Å². The Kier molecular flexibility index (Phi) is 5.54. The van der Waals surface area contributed by atoms with Crippen LogP contribution in [-0.4, -0.2) is 45.6 Å². The molecule has 1 N–H and O–H groups in total. The van der Waals surface area contributed by atoms with Gasteiger partial charge in [0, 0.05) is 31.9 Å². The van der Waals surface area contributed by atoms with Crippen LogP contribution in [0.25, 0.3) is 0 Å². The van der Waals surface area contributed by atoms with Gasteiger partial charge in [-0.2, -0.15) is 0 Å². The van der Waals surface area contributed by atoms with Crippen LogP contribution in [-0.2, 0) is 18.4 Å². The van der Waals surface area contributed by atoms with Crippen molar-refractivity contribution in [3.8, 4) is 0 Å². The van der Waals surface area contributed by atoms with E-state index in [1.807, 2.05) is 11.8 Å². The topological polar surface area (TPSA) is 76.3 Å². The smallest absolute Gasteiger partial charge is 0.331 e. The summed E-state index contributed by atoms with van der Waals surface area (Å²) in [6.45, 7) is 4.55. The maximum atomic E-state index is 12.6. The second-order valence-electron chi connectivity index (χ2n) is 5.69. The molecule has 1 saturated heterocycles. The van der Waals surface area contributed by atoms with Crippen LogP contribution in [0.15, 0.2) is 21.9 Å². The van der Waals surface area contributed by atoms with E-state index in [4.69, 9.17) is 0 Å². The summed E-state index contributed by atoms with van der Waals surface area (Å²) < 4.78 is 2.31. The third-order valence-corrected chi connectivity index (χ3v) is 4.10. The first-order valence-electron chi connectivity index (χ1n) is 7.81. The van der Waals surface area contributed by atoms with Gasteiger partial charge in [-0.1, -0.05) is 6.92 Å². The number of hydrogen-bond acceptors (Lipinski definition) is 4. The van der Waals surface area contributed by atoms with E-state index in [1.165, 1.54) is 23.9 Å². The monoisotopic (exact) mass is 308 g/mol. The van der Waals surface area contributed by atoms with E-state index in [1.54, 1.807) is 0 Å². The molecule has 0 unspecified atom stereocenters. The highest BCUT2D eigenvalue weighted by molar-refractivity contribution is 5.76. The Morgan fingerprint density at radius 2 is 2.05 bits per heavy atom. The number of nitrogens with one attached hydrogen (secondary N) is 1. The van der Waals surface area contributed by atoms with E-state index in [2.05, 4.69) is 5.32 Å². The van der Waals surface area contributed by atoms with Crippen molar-refractivity contribution in [2.24, 2.45) is 7.05 Å². The first-order valence-corrected chi connectivity index (χ1v) is 7.81. The molecule has 0 radical (unpaired) electrons. The molecule has 0 atom stereocenters. The van der Waals surface area contributed by atoms with E-state index >= 15 is 0 Å². The van der Waals surface area contributed by atoms with Gasteiger partial charge in [-0.25, -0.2) is 4.79 Å². The fourth-order valence-corrected chi connectivity index (χ4v) is 2.84. The van der Waals surface area contributed by atoms with Crippen molar-refractivity contribution in [2.45, 2.75) is 38.8 Å². The van der Waals surface area contributed by atoms with E-state index < -0.39 is 5.69 Å². The highest BCUT2D eigenvalue weighted by Gasteiger charge is 2.24. The Bertz CT molecular complexity index is 628. The van der Waals surface area contributed by atoms with Crippen LogP contribution in [0.1, 0.15) is 26.2 Å². The number of rotatable bonds is 5. The lowest BCUT2D eigenvalue weighted by atomic mass is 10.0. The second kappa shape index (κ2) is 7.40. The number of nitrogens with zero attached hydrogens (tertiary/aromatic N) is 3. The van der Waals surface area contributed by atoms with Crippen LogP contribution >= 0.6 is 0 Å². The van der Waals surface area contributed by atoms with E-state index in [0.717, 1.165) is 36.9 Å². The zero-order valence-electron chi connectivity index (χ0n) is 13.2. The van der Waals surface area contributed by atoms with Crippen LogP contribution in [0.4, 0.5) is 0 Å². The first-order chi connectivity index (χ1) is 10.5. The van der Waals surface area contributed by atoms with Gasteiger partial charge in [0.05, 0.1) is 0 Å². The summed E-state index contributed by atoms with van der Waals surface area (Å²) in [5.41, 5.74) is -0.819. The van der Waals surface area contributed by atoms with Gasteiger partial charge in [-0.05, 0) is 32.4 Å². The Hall–Kier alpha value is -1.89. The zero-order chi connectivity index (χ0) is 16.1. The molecule has 1 amide bonds. The summed E-state index contributed by atoms with van der Waals surface area (Å²) in [6.07, 6.45) is 4.16. The van der Waals surface area contributed by atoms with Crippen molar-refractivity contribution < 1.29 is 4.79 Å². The van der Waals surface area contributed by atoms with Crippen molar-refractivity contribution in [3.05, 3.63) is 33.1 Å². The van der Waals surface area contributed by atoms with Crippen molar-refractivity contribution in [1.82, 2.24) is 19.4 Å². The quantitative estimate of drug-likeness (QED) is 0.798. The van der Waals surface area contributed by atoms with Crippen molar-refractivity contribution in [1.29, 1.82) is 0 Å². The number of piperidine rings is 1. The molecule has 1 aliphatic heterocycles. The summed E-state index contributed by atoms with van der Waals surface area (Å²) in [5.74, 6) is -0.0606. The average molecular weight is 308 g/mol. The molecule has 0 spiro atoms. The minimum Gasteiger partial charge on any atom is -0.338 e. The summed E-state index contributed by atoms with van der Waals surface area (Å²) in [6, 6.07) is 1.54. The molecule has 1 fully saturated rings. The third kappa shape index (κ3) is 3.65. The molecular weight excluding hydrogens is 284 g/mol. The highest BCUT2D eigenvalue weighted by Crippen LogP contribution is 2.13. The van der Waals surface area contributed by atoms with Crippen LogP contribution in [0.3, 0.4) is 0 Å². The maximum Gasteiger partial charge on any atom is 0.331 e. The summed E-state index contributed by atoms with van der Waals surface area (Å²) in [5, 5.41) is 3.29. The van der Waals surface area contributed by atoms with Gasteiger partial charge in [0.2, 0.25) is 5.91 Å². The van der Waals surface area contributed by atoms with Gasteiger partial charge < -0.3 is 10.2 Å². The highest BCUT2D eigenvalue weighted by atomic mass is 16.2. The number of carbonyl (C=O) groups is 1. The van der Waals surface area contributed by atoms with Crippen LogP contribution in [0, 0.1) is 0 Å². The molecule has 0 saturated carbocycles. The Morgan fingerprint density at radius 3 is 2.68 bits per heavy atom. The van der Waals surface area contributed by atoms with E-state index in [0.29, 0.717) is 6.54 Å². The number of aromatic nitrogens is 2. The van der Waals surface area contributed by atoms with Gasteiger partial charge in [0.25, 0.3) is 5.56 Å². The lowest BCUT2D eigenvalue weighted by molar-refractivity contribution is -0.134. The van der Waals surface area contributed by atoms with Crippen LogP contribution in [0.2, 0.25) is 0 Å². The fraction of sp³-hybridized carbons (Fsp3) is 0.667. The molecule has 7 nitrogen and oxygen atoms in total. The molecular formula is C15H24N4O3. The predicted molar refractivity (Wildman–Crippen MR) is 83.8 cm³/mol. The number of hydrogen-bond donors (Lipinski definition) is 1. The van der Waals surface area contributed by atoms with Gasteiger partial charge in [-0.15, -0.1) is 0 Å². The fourth-order valence-electron chi connectivity index (χ4n) is 2.84. The molecule has 7 heteroatoms. The molecule has 1 aromatic heterocycles. The number of amides is 1. The molecule has 22 heavy (non-hydrogen) atoms. The Labute approximate surface area is 129 Å². The molecule has 1 aromatic rings. The van der Waals surface area contributed by atoms with E-state index in [-0.39, 0.29) is 24.1 Å². The Morgan fingerprint density at radius 1 is 1.36 bits per heavy atom. The van der Waals surface area contributed by atoms with Crippen molar-refractivity contribution in [2.75, 3.05) is 19.6 Å². The van der Waals surface area contributed by atoms with Gasteiger partial charge in [0.1, 0.15) is 6.54 Å². The molecule has 122 valence electrons. The first kappa shape index (κ1) is 16.5. The normalized spacial score (nSPS) is 15.7. The van der Waals surface area contributed by atoms with Crippen molar-refractivity contribution in [3.63, 3.8) is 0 Å². The molecule has 0 bridgehead atoms. The largest absolute Gasteiger partial charge is 0.338 e. The van der Waals surface area contributed by atoms with Crippen LogP contribution in [0.5, 0.6) is 0 Å². The Balaban J connectivity index is 2.16. The van der Waals surface area contributed by atoms with Crippen molar-refractivity contribution >= 4 is 5.91 Å². The van der Waals surface area contributed by atoms with Gasteiger partial charge >= 0.3 is 5.69 Å². The third-order valence-electron chi connectivity index (χ3n) is 4.10. The SMILES string of the molecule is CCCN(C(=O)Cn1ccc(=O)n(C)c1=O)C1CCNCC1. The zero-order valence-corrected chi connectivity index (χ0v) is 13.2. The number of carbonyl (C=O) groups excluding carboxylic acids is 1. The lowest BCUT2D eigenvalue weighted by Gasteiger charge is -2.34. The van der Waals surface area contributed by atoms with E-state index in [9.17, 15) is 14.4 Å². The average Bonchev–Trinajstić information content (AvgIpc) is 2.54. The second-order valence-corrected chi connectivity index (χ2v) is 5.69. The molecule has 1 aliphatic rings. The molecule has 0 aliphatic carbocycles. The standard InChI is InChI=1S/C15H24N4O3/c1-3-9-19(12-4-7-16-8-5-12)14(21)11-18-10-6-13(20)17(2)15(18)22/h6,10,12,16H,3-5,7-9,11H2,1-2H3. The summed E-state index contributed by atoms with van der Waals surface area (Å²) >= 11 is 0. The predicted octanol–water partition coefficient (Wildman–Crippen LogP) is -0.462. The van der Waals surface area contributed by atoms with Crippen LogP contribution < -0.4 is 16.6 Å². The molecule has 2 heterocycles. The van der Waals surface area contributed by atoms with Gasteiger partial charge in [0.15, 0.2) is 0 Å². The molecule has 2 rings (SSSR count). The minimum atomic E-state index is -0.456. The lowest BCUT2D eigenvalue weighted by Crippen LogP contribution is -2.48. The molecule has 0 aromatic carbocycles. The summed E-state index contributed by atoms with van der Waals surface area (Å²) in [7, 11) is 1.42. The minimum absolute atomic E-state index is 0.0170. The summed E-state index contributed by atoms with van der Waals surface area (Å²) in [4.78, 5) is 37.9. The maximum absolute atomic E-state index is 12.6.